The molecule has 4 aromatic carbocycles. The van der Waals surface area contributed by atoms with Gasteiger partial charge in [0.15, 0.2) is 0 Å². The number of furan rings is 2. The van der Waals surface area contributed by atoms with Crippen LogP contribution in [0, 0.1) is 41.5 Å². The van der Waals surface area contributed by atoms with E-state index in [1.165, 1.54) is 89.0 Å². The Hall–Kier alpha value is -3.40. The van der Waals surface area contributed by atoms with Gasteiger partial charge >= 0.3 is 358 Å². The van der Waals surface area contributed by atoms with Crippen LogP contribution in [0.2, 0.25) is 13.1 Å². The molecule has 8 rings (SSSR count). The van der Waals surface area contributed by atoms with Gasteiger partial charge in [-0.1, -0.05) is 0 Å². The van der Waals surface area contributed by atoms with E-state index in [1.807, 2.05) is 0 Å². The quantitative estimate of drug-likeness (QED) is 0.156. The number of rotatable bonds is 6. The van der Waals surface area contributed by atoms with Crippen LogP contribution in [0.1, 0.15) is 127 Å². The Morgan fingerprint density at radius 3 is 1.13 bits per heavy atom. The van der Waals surface area contributed by atoms with E-state index in [1.54, 1.807) is 0 Å². The molecule has 0 spiro atoms. The van der Waals surface area contributed by atoms with E-state index in [2.05, 4.69) is 193 Å². The van der Waals surface area contributed by atoms with Gasteiger partial charge in [0.05, 0.1) is 0 Å². The third-order valence-electron chi connectivity index (χ3n) is 13.0. The zero-order valence-corrected chi connectivity index (χ0v) is 43.1. The molecular weight excluding hydrogens is 871 g/mol. The van der Waals surface area contributed by atoms with Crippen LogP contribution in [-0.2, 0) is 31.2 Å². The summed E-state index contributed by atoms with van der Waals surface area (Å²) in [5.41, 5.74) is 21.5. The largest absolute Gasteiger partial charge is 0.147 e. The third kappa shape index (κ3) is 8.17. The van der Waals surface area contributed by atoms with Gasteiger partial charge in [-0.3, -0.25) is 0 Å². The Bertz CT molecular complexity index is 2520. The molecule has 0 amide bonds. The summed E-state index contributed by atoms with van der Waals surface area (Å²) in [5, 5.41) is 0. The standard InChI is InChI=1S/2C26H27O.C2H6Si.2ClH.Zr/c2*1-16-13-20-14-21(24-12-7-17(2)27-24)15-23(20)25(18(16)3)19-8-10-22(11-9-19)26(4,5)6;1-3-2;;;/h2*7-15H,1-6H3;1-2H3;2*1H;. The van der Waals surface area contributed by atoms with E-state index >= 15 is 0 Å². The number of hydrogen-bond donors (Lipinski definition) is 0. The van der Waals surface area contributed by atoms with E-state index in [4.69, 9.17) is 8.83 Å². The van der Waals surface area contributed by atoms with Gasteiger partial charge in [-0.25, -0.2) is 0 Å². The summed E-state index contributed by atoms with van der Waals surface area (Å²) in [7, 11) is 0. The monoisotopic (exact) mass is 930 g/mol. The molecule has 0 aliphatic heterocycles. The van der Waals surface area contributed by atoms with Crippen molar-refractivity contribution in [2.75, 3.05) is 0 Å². The molecule has 0 saturated heterocycles. The van der Waals surface area contributed by atoms with Crippen LogP contribution in [0.5, 0.6) is 0 Å². The number of benzene rings is 4. The van der Waals surface area contributed by atoms with Crippen LogP contribution in [-0.4, -0.2) is 5.43 Å². The maximum Gasteiger partial charge on any atom is -0.147 e. The minimum atomic E-state index is -2.73. The smallest absolute Gasteiger partial charge is 0.147 e. The molecule has 0 bridgehead atoms. The van der Waals surface area contributed by atoms with Gasteiger partial charge in [-0.05, 0) is 0 Å². The normalized spacial score (nSPS) is 15.8. The summed E-state index contributed by atoms with van der Waals surface area (Å²) < 4.78 is 14.0. The zero-order chi connectivity index (χ0) is 41.6. The molecule has 2 unspecified atom stereocenters. The number of aryl methyl sites for hydroxylation is 4. The van der Waals surface area contributed by atoms with Crippen LogP contribution in [0.25, 0.3) is 45.6 Å². The third-order valence-corrected chi connectivity index (χ3v) is 32.2. The molecule has 2 nitrogen and oxygen atoms in total. The Morgan fingerprint density at radius 2 is 0.850 bits per heavy atom. The minimum absolute atomic E-state index is 0. The van der Waals surface area contributed by atoms with Crippen molar-refractivity contribution in [3.63, 3.8) is 0 Å². The minimum Gasteiger partial charge on any atom is -0.147 e. The molecule has 0 saturated carbocycles. The van der Waals surface area contributed by atoms with Gasteiger partial charge < -0.3 is 0 Å². The van der Waals surface area contributed by atoms with Gasteiger partial charge in [0.1, 0.15) is 0 Å². The van der Waals surface area contributed by atoms with Crippen molar-refractivity contribution in [3.05, 3.63) is 164 Å². The second kappa shape index (κ2) is 17.0. The molecule has 2 aliphatic carbocycles. The van der Waals surface area contributed by atoms with Crippen LogP contribution in [0.3, 0.4) is 0 Å². The van der Waals surface area contributed by atoms with Crippen LogP contribution in [0.15, 0.2) is 93.8 Å². The summed E-state index contributed by atoms with van der Waals surface area (Å²) >= 11 is -2.73. The van der Waals surface area contributed by atoms with E-state index < -0.39 is 25.8 Å². The zero-order valence-electron chi connectivity index (χ0n) is 38.0. The molecular formula is C54H62Cl2O2SiZr. The summed E-state index contributed by atoms with van der Waals surface area (Å²) in [6.07, 6.45) is 5.09. The Labute approximate surface area is 380 Å². The molecule has 2 atom stereocenters. The Balaban J connectivity index is 0.00000302. The molecule has 312 valence electrons. The van der Waals surface area contributed by atoms with Crippen molar-refractivity contribution in [1.82, 2.24) is 0 Å². The first-order chi connectivity index (χ1) is 27.3. The SMILES string of the molecule is Cc1ccc(C2=Cc3c(cc(C)c(C)c3-c3ccc(C(C)(C)C)cc3)[CH]2[Zr]([CH]2C(c3ccc(C)o3)=Cc3c2cc(C)c(C)c3-c2ccc(C(C)(C)C)cc2)=[Si](C)C)o1.Cl.Cl. The fourth-order valence-corrected chi connectivity index (χ4v) is 29.3. The average molecular weight is 933 g/mol. The van der Waals surface area contributed by atoms with Crippen molar-refractivity contribution in [1.29, 1.82) is 0 Å². The van der Waals surface area contributed by atoms with Crippen molar-refractivity contribution in [2.45, 2.75) is 114 Å². The van der Waals surface area contributed by atoms with Crippen molar-refractivity contribution < 1.29 is 29.2 Å². The summed E-state index contributed by atoms with van der Waals surface area (Å²) in [6, 6.07) is 32.7. The van der Waals surface area contributed by atoms with Gasteiger partial charge in [0.25, 0.3) is 0 Å². The first-order valence-corrected chi connectivity index (χ1v) is 30.1. The summed E-state index contributed by atoms with van der Waals surface area (Å²) in [4.78, 5) is 0. The topological polar surface area (TPSA) is 26.3 Å². The van der Waals surface area contributed by atoms with Gasteiger partial charge in [-0.2, -0.15) is 0 Å². The van der Waals surface area contributed by atoms with Crippen LogP contribution < -0.4 is 0 Å². The molecule has 60 heavy (non-hydrogen) atoms. The first kappa shape index (κ1) is 46.1. The predicted octanol–water partition coefficient (Wildman–Crippen LogP) is 16.3. The molecule has 0 radical (unpaired) electrons. The van der Waals surface area contributed by atoms with Crippen LogP contribution >= 0.6 is 24.8 Å². The fraction of sp³-hybridized carbons (Fsp3) is 0.333. The fourth-order valence-electron chi connectivity index (χ4n) is 9.57. The average Bonchev–Trinajstić information content (AvgIpc) is 3.95. The van der Waals surface area contributed by atoms with Crippen molar-refractivity contribution in [2.24, 2.45) is 0 Å². The molecule has 0 N–H and O–H groups in total. The first-order valence-electron chi connectivity index (χ1n) is 21.1. The second-order valence-electron chi connectivity index (χ2n) is 19.4. The van der Waals surface area contributed by atoms with E-state index in [-0.39, 0.29) is 35.6 Å². The Kier molecular flexibility index (Phi) is 13.1. The van der Waals surface area contributed by atoms with Gasteiger partial charge in [0.2, 0.25) is 0 Å². The van der Waals surface area contributed by atoms with Crippen molar-refractivity contribution >= 4 is 53.5 Å². The number of hydrogen-bond acceptors (Lipinski definition) is 2. The van der Waals surface area contributed by atoms with Gasteiger partial charge in [0, 0.05) is 0 Å². The maximum atomic E-state index is 6.65. The maximum absolute atomic E-state index is 6.65. The second-order valence-corrected chi connectivity index (χ2v) is 37.3. The van der Waals surface area contributed by atoms with Gasteiger partial charge in [-0.15, -0.1) is 24.8 Å². The Morgan fingerprint density at radius 1 is 0.500 bits per heavy atom. The molecule has 6 aromatic rings. The van der Waals surface area contributed by atoms with Crippen molar-refractivity contribution in [3.8, 4) is 22.3 Å². The molecule has 2 aliphatic rings. The molecule has 2 aromatic heterocycles. The van der Waals surface area contributed by atoms with E-state index in [9.17, 15) is 0 Å². The molecule has 0 fully saturated rings. The summed E-state index contributed by atoms with van der Waals surface area (Å²) in [6.45, 7) is 32.5. The number of halogens is 2. The predicted molar refractivity (Wildman–Crippen MR) is 260 cm³/mol. The number of fused-ring (bicyclic) bond motifs is 2. The number of allylic oxidation sites excluding steroid dienone is 2. The van der Waals surface area contributed by atoms with E-state index in [0.29, 0.717) is 7.25 Å². The summed E-state index contributed by atoms with van der Waals surface area (Å²) in [5.74, 6) is 3.99. The molecule has 6 heteroatoms. The van der Waals surface area contributed by atoms with Crippen LogP contribution in [0.4, 0.5) is 0 Å². The van der Waals surface area contributed by atoms with E-state index in [0.717, 1.165) is 23.0 Å². The molecule has 2 heterocycles.